The molecule has 150 valence electrons. The van der Waals surface area contributed by atoms with Gasteiger partial charge in [0.25, 0.3) is 5.91 Å². The van der Waals surface area contributed by atoms with Gasteiger partial charge in [0.1, 0.15) is 0 Å². The Morgan fingerprint density at radius 2 is 1.50 bits per heavy atom. The molecule has 0 radical (unpaired) electrons. The smallest absolute Gasteiger partial charge is 0.344 e. The molecular formula is C22H27NO5. The Balaban J connectivity index is 1.77. The molecule has 1 N–H and O–H groups in total. The molecule has 0 aliphatic rings. The van der Waals surface area contributed by atoms with Crippen molar-refractivity contribution in [2.45, 2.75) is 33.1 Å². The van der Waals surface area contributed by atoms with E-state index in [4.69, 9.17) is 14.2 Å². The van der Waals surface area contributed by atoms with Crippen LogP contribution < -0.4 is 14.8 Å². The number of carbonyl (C=O) groups excluding carboxylic acids is 2. The van der Waals surface area contributed by atoms with Crippen LogP contribution >= 0.6 is 0 Å². The van der Waals surface area contributed by atoms with Gasteiger partial charge >= 0.3 is 5.97 Å². The monoisotopic (exact) mass is 385 g/mol. The van der Waals surface area contributed by atoms with Crippen molar-refractivity contribution in [1.82, 2.24) is 0 Å². The molecule has 0 heterocycles. The van der Waals surface area contributed by atoms with E-state index >= 15 is 0 Å². The summed E-state index contributed by atoms with van der Waals surface area (Å²) in [5.74, 6) is -0.0463. The van der Waals surface area contributed by atoms with Gasteiger partial charge in [-0.2, -0.15) is 0 Å². The highest BCUT2D eigenvalue weighted by Gasteiger charge is 2.14. The molecule has 0 aromatic heterocycles. The van der Waals surface area contributed by atoms with Gasteiger partial charge in [0.15, 0.2) is 24.7 Å². The van der Waals surface area contributed by atoms with Crippen LogP contribution in [0.5, 0.6) is 11.5 Å². The van der Waals surface area contributed by atoms with Gasteiger partial charge in [-0.1, -0.05) is 45.0 Å². The van der Waals surface area contributed by atoms with Crippen molar-refractivity contribution < 1.29 is 23.8 Å². The van der Waals surface area contributed by atoms with Crippen LogP contribution in [0.15, 0.2) is 48.5 Å². The van der Waals surface area contributed by atoms with E-state index in [0.717, 1.165) is 0 Å². The van der Waals surface area contributed by atoms with Crippen LogP contribution in [0, 0.1) is 0 Å². The lowest BCUT2D eigenvalue weighted by atomic mass is 9.87. The third-order valence-corrected chi connectivity index (χ3v) is 3.89. The quantitative estimate of drug-likeness (QED) is 0.697. The van der Waals surface area contributed by atoms with Crippen molar-refractivity contribution >= 4 is 17.6 Å². The SMILES string of the molecule is CCOc1ccccc1OCC(=O)OCC(=O)Nc1ccc(C(C)(C)C)cc1. The molecule has 0 unspecified atom stereocenters. The van der Waals surface area contributed by atoms with Crippen LogP contribution in [0.25, 0.3) is 0 Å². The minimum atomic E-state index is -0.635. The van der Waals surface area contributed by atoms with Crippen LogP contribution in [0.4, 0.5) is 5.69 Å². The zero-order valence-electron chi connectivity index (χ0n) is 16.8. The summed E-state index contributed by atoms with van der Waals surface area (Å²) < 4.78 is 15.8. The largest absolute Gasteiger partial charge is 0.490 e. The Bertz CT molecular complexity index is 793. The summed E-state index contributed by atoms with van der Waals surface area (Å²) >= 11 is 0. The summed E-state index contributed by atoms with van der Waals surface area (Å²) in [5.41, 5.74) is 1.86. The summed E-state index contributed by atoms with van der Waals surface area (Å²) in [4.78, 5) is 23.8. The average molecular weight is 385 g/mol. The summed E-state index contributed by atoms with van der Waals surface area (Å²) in [6.45, 7) is 8.02. The second-order valence-electron chi connectivity index (χ2n) is 7.20. The minimum Gasteiger partial charge on any atom is -0.490 e. The molecule has 6 nitrogen and oxygen atoms in total. The van der Waals surface area contributed by atoms with Gasteiger partial charge in [-0.3, -0.25) is 4.79 Å². The van der Waals surface area contributed by atoms with E-state index in [1.54, 1.807) is 18.2 Å². The van der Waals surface area contributed by atoms with Gasteiger partial charge < -0.3 is 19.5 Å². The van der Waals surface area contributed by atoms with Gasteiger partial charge in [0.05, 0.1) is 6.61 Å². The van der Waals surface area contributed by atoms with Crippen LogP contribution in [0.2, 0.25) is 0 Å². The van der Waals surface area contributed by atoms with E-state index in [9.17, 15) is 9.59 Å². The van der Waals surface area contributed by atoms with Crippen molar-refractivity contribution in [1.29, 1.82) is 0 Å². The van der Waals surface area contributed by atoms with Crippen molar-refractivity contribution in [3.63, 3.8) is 0 Å². The number of esters is 1. The molecule has 0 atom stereocenters. The molecular weight excluding hydrogens is 358 g/mol. The van der Waals surface area contributed by atoms with E-state index in [0.29, 0.717) is 23.8 Å². The lowest BCUT2D eigenvalue weighted by Gasteiger charge is -2.19. The second kappa shape index (κ2) is 9.78. The fraction of sp³-hybridized carbons (Fsp3) is 0.364. The number of hydrogen-bond donors (Lipinski definition) is 1. The maximum atomic E-state index is 12.0. The van der Waals surface area contributed by atoms with Crippen molar-refractivity contribution in [3.8, 4) is 11.5 Å². The highest BCUT2D eigenvalue weighted by molar-refractivity contribution is 5.92. The number of anilines is 1. The van der Waals surface area contributed by atoms with Crippen LogP contribution in [0.3, 0.4) is 0 Å². The zero-order chi connectivity index (χ0) is 20.6. The van der Waals surface area contributed by atoms with Gasteiger partial charge in [0.2, 0.25) is 0 Å². The normalized spacial score (nSPS) is 10.9. The maximum absolute atomic E-state index is 12.0. The Labute approximate surface area is 165 Å². The van der Waals surface area contributed by atoms with Crippen molar-refractivity contribution in [3.05, 3.63) is 54.1 Å². The molecule has 0 saturated heterocycles. The van der Waals surface area contributed by atoms with Crippen molar-refractivity contribution in [2.24, 2.45) is 0 Å². The Hall–Kier alpha value is -3.02. The fourth-order valence-electron chi connectivity index (χ4n) is 2.42. The predicted octanol–water partition coefficient (Wildman–Crippen LogP) is 3.94. The molecule has 0 saturated carbocycles. The first-order valence-electron chi connectivity index (χ1n) is 9.20. The number of benzene rings is 2. The lowest BCUT2D eigenvalue weighted by Crippen LogP contribution is -2.23. The zero-order valence-corrected chi connectivity index (χ0v) is 16.8. The molecule has 1 amide bonds. The first-order valence-corrected chi connectivity index (χ1v) is 9.20. The van der Waals surface area contributed by atoms with E-state index in [-0.39, 0.29) is 18.6 Å². The molecule has 0 spiro atoms. The van der Waals surface area contributed by atoms with Gasteiger partial charge in [-0.25, -0.2) is 4.79 Å². The van der Waals surface area contributed by atoms with Crippen molar-refractivity contribution in [2.75, 3.05) is 25.1 Å². The summed E-state index contributed by atoms with van der Waals surface area (Å²) in [6, 6.07) is 14.6. The average Bonchev–Trinajstić information content (AvgIpc) is 2.65. The highest BCUT2D eigenvalue weighted by Crippen LogP contribution is 2.26. The molecule has 6 heteroatoms. The van der Waals surface area contributed by atoms with Gasteiger partial charge in [0, 0.05) is 5.69 Å². The molecule has 0 bridgehead atoms. The number of rotatable bonds is 8. The molecule has 28 heavy (non-hydrogen) atoms. The predicted molar refractivity (Wildman–Crippen MR) is 108 cm³/mol. The molecule has 2 rings (SSSR count). The van der Waals surface area contributed by atoms with E-state index < -0.39 is 11.9 Å². The Kier molecular flexibility index (Phi) is 7.44. The number of ether oxygens (including phenoxy) is 3. The fourth-order valence-corrected chi connectivity index (χ4v) is 2.42. The van der Waals surface area contributed by atoms with E-state index in [2.05, 4.69) is 26.1 Å². The highest BCUT2D eigenvalue weighted by atomic mass is 16.6. The third-order valence-electron chi connectivity index (χ3n) is 3.89. The van der Waals surface area contributed by atoms with E-state index in [1.807, 2.05) is 37.3 Å². The minimum absolute atomic E-state index is 0.0405. The topological polar surface area (TPSA) is 73.9 Å². The summed E-state index contributed by atoms with van der Waals surface area (Å²) in [7, 11) is 0. The molecule has 0 aliphatic carbocycles. The molecule has 0 fully saturated rings. The molecule has 0 aliphatic heterocycles. The number of para-hydroxylation sites is 2. The standard InChI is InChI=1S/C22H27NO5/c1-5-26-18-8-6-7-9-19(18)27-15-21(25)28-14-20(24)23-17-12-10-16(11-13-17)22(2,3)4/h6-13H,5,14-15H2,1-4H3,(H,23,24). The first kappa shape index (κ1) is 21.3. The van der Waals surface area contributed by atoms with Crippen LogP contribution in [0.1, 0.15) is 33.3 Å². The van der Waals surface area contributed by atoms with Crippen LogP contribution in [-0.2, 0) is 19.7 Å². The number of amides is 1. The molecule has 2 aromatic rings. The summed E-state index contributed by atoms with van der Waals surface area (Å²) in [5, 5.41) is 2.70. The Morgan fingerprint density at radius 1 is 0.893 bits per heavy atom. The van der Waals surface area contributed by atoms with Crippen LogP contribution in [-0.4, -0.2) is 31.7 Å². The van der Waals surface area contributed by atoms with Gasteiger partial charge in [-0.05, 0) is 42.2 Å². The van der Waals surface area contributed by atoms with Gasteiger partial charge in [-0.15, -0.1) is 0 Å². The molecule has 2 aromatic carbocycles. The lowest BCUT2D eigenvalue weighted by molar-refractivity contribution is -0.149. The third kappa shape index (κ3) is 6.61. The summed E-state index contributed by atoms with van der Waals surface area (Å²) in [6.07, 6.45) is 0. The Morgan fingerprint density at radius 3 is 2.07 bits per heavy atom. The maximum Gasteiger partial charge on any atom is 0.344 e. The number of nitrogens with one attached hydrogen (secondary N) is 1. The second-order valence-corrected chi connectivity index (χ2v) is 7.20. The number of carbonyl (C=O) groups is 2. The van der Waals surface area contributed by atoms with E-state index in [1.165, 1.54) is 5.56 Å². The first-order chi connectivity index (χ1) is 13.3. The number of hydrogen-bond acceptors (Lipinski definition) is 5.